The summed E-state index contributed by atoms with van der Waals surface area (Å²) < 4.78 is 16.3. The number of fused-ring (bicyclic) bond motifs is 1. The Morgan fingerprint density at radius 3 is 2.67 bits per heavy atom. The summed E-state index contributed by atoms with van der Waals surface area (Å²) in [5.41, 5.74) is 2.58. The van der Waals surface area contributed by atoms with Crippen LogP contribution in [0.15, 0.2) is 47.5 Å². The van der Waals surface area contributed by atoms with Gasteiger partial charge in [0, 0.05) is 17.9 Å². The second-order valence-corrected chi connectivity index (χ2v) is 7.75. The highest BCUT2D eigenvalue weighted by Crippen LogP contribution is 2.32. The number of amides is 1. The van der Waals surface area contributed by atoms with Crippen molar-refractivity contribution in [3.05, 3.63) is 53.6 Å². The number of ether oxygens (including phenoxy) is 3. The summed E-state index contributed by atoms with van der Waals surface area (Å²) in [6.45, 7) is 5.74. The van der Waals surface area contributed by atoms with Crippen molar-refractivity contribution in [2.24, 2.45) is 4.99 Å². The molecule has 4 rings (SSSR count). The van der Waals surface area contributed by atoms with Crippen LogP contribution >= 0.6 is 0 Å². The lowest BCUT2D eigenvalue weighted by Gasteiger charge is -2.14. The predicted molar refractivity (Wildman–Crippen MR) is 115 cm³/mol. The van der Waals surface area contributed by atoms with Gasteiger partial charge in [-0.3, -0.25) is 10.1 Å². The molecule has 0 radical (unpaired) electrons. The Hall–Kier alpha value is -3.06. The number of aliphatic imine (C=N–C) groups is 1. The SMILES string of the molecule is CC(C)c1ccc(NC(=NC[C@@H]2CCCO2)NC(=O)c2ccc3c(c2)OCO3)cc1. The maximum Gasteiger partial charge on any atom is 0.258 e. The van der Waals surface area contributed by atoms with E-state index in [0.717, 1.165) is 25.1 Å². The van der Waals surface area contributed by atoms with Crippen LogP contribution in [0.25, 0.3) is 0 Å². The van der Waals surface area contributed by atoms with Crippen molar-refractivity contribution in [1.82, 2.24) is 5.32 Å². The third kappa shape index (κ3) is 4.91. The number of hydrogen-bond acceptors (Lipinski definition) is 5. The van der Waals surface area contributed by atoms with Crippen molar-refractivity contribution >= 4 is 17.6 Å². The van der Waals surface area contributed by atoms with E-state index >= 15 is 0 Å². The molecule has 1 amide bonds. The van der Waals surface area contributed by atoms with Crippen molar-refractivity contribution in [2.75, 3.05) is 25.3 Å². The van der Waals surface area contributed by atoms with Crippen LogP contribution in [0, 0.1) is 0 Å². The fourth-order valence-electron chi connectivity index (χ4n) is 3.40. The van der Waals surface area contributed by atoms with Gasteiger partial charge in [-0.15, -0.1) is 0 Å². The highest BCUT2D eigenvalue weighted by molar-refractivity contribution is 6.10. The van der Waals surface area contributed by atoms with Gasteiger partial charge in [0.25, 0.3) is 5.91 Å². The molecule has 158 valence electrons. The van der Waals surface area contributed by atoms with Gasteiger partial charge in [0.15, 0.2) is 11.5 Å². The minimum atomic E-state index is -0.273. The van der Waals surface area contributed by atoms with Crippen LogP contribution in [0.3, 0.4) is 0 Å². The Morgan fingerprint density at radius 1 is 1.13 bits per heavy atom. The number of nitrogens with one attached hydrogen (secondary N) is 2. The summed E-state index contributed by atoms with van der Waals surface area (Å²) in [4.78, 5) is 17.4. The molecule has 0 aromatic heterocycles. The fourth-order valence-corrected chi connectivity index (χ4v) is 3.40. The van der Waals surface area contributed by atoms with E-state index in [9.17, 15) is 4.79 Å². The molecule has 1 fully saturated rings. The number of hydrogen-bond donors (Lipinski definition) is 2. The van der Waals surface area contributed by atoms with Crippen LogP contribution < -0.4 is 20.1 Å². The van der Waals surface area contributed by atoms with E-state index < -0.39 is 0 Å². The first-order chi connectivity index (χ1) is 14.6. The largest absolute Gasteiger partial charge is 0.454 e. The van der Waals surface area contributed by atoms with Gasteiger partial charge < -0.3 is 19.5 Å². The molecule has 7 nitrogen and oxygen atoms in total. The van der Waals surface area contributed by atoms with Crippen molar-refractivity contribution < 1.29 is 19.0 Å². The van der Waals surface area contributed by atoms with E-state index in [0.29, 0.717) is 35.5 Å². The van der Waals surface area contributed by atoms with Gasteiger partial charge >= 0.3 is 0 Å². The summed E-state index contributed by atoms with van der Waals surface area (Å²) in [7, 11) is 0. The maximum atomic E-state index is 12.8. The number of anilines is 1. The zero-order valence-electron chi connectivity index (χ0n) is 17.3. The first kappa shape index (κ1) is 20.2. The number of rotatable bonds is 5. The lowest BCUT2D eigenvalue weighted by atomic mass is 10.0. The van der Waals surface area contributed by atoms with Gasteiger partial charge in [0.2, 0.25) is 12.8 Å². The normalized spacial score (nSPS) is 18.0. The van der Waals surface area contributed by atoms with Gasteiger partial charge in [-0.05, 0) is 54.7 Å². The quantitative estimate of drug-likeness (QED) is 0.578. The highest BCUT2D eigenvalue weighted by atomic mass is 16.7. The summed E-state index contributed by atoms with van der Waals surface area (Å²) in [6, 6.07) is 13.2. The van der Waals surface area contributed by atoms with Crippen LogP contribution in [0.2, 0.25) is 0 Å². The van der Waals surface area contributed by atoms with Gasteiger partial charge in [-0.25, -0.2) is 4.99 Å². The Morgan fingerprint density at radius 2 is 1.93 bits per heavy atom. The average molecular weight is 409 g/mol. The summed E-state index contributed by atoms with van der Waals surface area (Å²) in [5.74, 6) is 1.79. The molecule has 2 aromatic carbocycles. The van der Waals surface area contributed by atoms with Crippen LogP contribution in [0.4, 0.5) is 5.69 Å². The molecule has 30 heavy (non-hydrogen) atoms. The maximum absolute atomic E-state index is 12.8. The van der Waals surface area contributed by atoms with Crippen LogP contribution in [-0.4, -0.2) is 37.9 Å². The molecule has 0 aliphatic carbocycles. The zero-order valence-corrected chi connectivity index (χ0v) is 17.3. The predicted octanol–water partition coefficient (Wildman–Crippen LogP) is 3.92. The second-order valence-electron chi connectivity index (χ2n) is 7.75. The zero-order chi connectivity index (χ0) is 20.9. The van der Waals surface area contributed by atoms with Gasteiger partial charge in [-0.1, -0.05) is 26.0 Å². The number of benzene rings is 2. The molecule has 0 bridgehead atoms. The van der Waals surface area contributed by atoms with Gasteiger partial charge in [0.1, 0.15) is 0 Å². The van der Waals surface area contributed by atoms with E-state index in [1.54, 1.807) is 18.2 Å². The molecular formula is C23H27N3O4. The van der Waals surface area contributed by atoms with E-state index in [2.05, 4.69) is 41.6 Å². The molecule has 0 unspecified atom stereocenters. The fraction of sp³-hybridized carbons (Fsp3) is 0.391. The molecular weight excluding hydrogens is 382 g/mol. The Labute approximate surface area is 176 Å². The topological polar surface area (TPSA) is 81.2 Å². The molecule has 2 aliphatic heterocycles. The molecule has 1 atom stereocenters. The van der Waals surface area contributed by atoms with Crippen molar-refractivity contribution in [2.45, 2.75) is 38.7 Å². The third-order valence-corrected chi connectivity index (χ3v) is 5.18. The smallest absolute Gasteiger partial charge is 0.258 e. The standard InChI is InChI=1S/C23H27N3O4/c1-15(2)16-5-8-18(9-6-16)25-23(24-13-19-4-3-11-28-19)26-22(27)17-7-10-20-21(12-17)30-14-29-20/h5-10,12,15,19H,3-4,11,13-14H2,1-2H3,(H2,24,25,26,27)/t19-/m0/s1. The Kier molecular flexibility index (Phi) is 6.18. The van der Waals surface area contributed by atoms with Crippen molar-refractivity contribution in [3.63, 3.8) is 0 Å². The molecule has 2 heterocycles. The van der Waals surface area contributed by atoms with Crippen LogP contribution in [-0.2, 0) is 4.74 Å². The number of carbonyl (C=O) groups excluding carboxylic acids is 1. The minimum absolute atomic E-state index is 0.0903. The summed E-state index contributed by atoms with van der Waals surface area (Å²) in [5, 5.41) is 6.11. The Balaban J connectivity index is 1.49. The number of carbonyl (C=O) groups is 1. The minimum Gasteiger partial charge on any atom is -0.454 e. The highest BCUT2D eigenvalue weighted by Gasteiger charge is 2.18. The van der Waals surface area contributed by atoms with Crippen LogP contribution in [0.1, 0.15) is 48.5 Å². The molecule has 2 aromatic rings. The monoisotopic (exact) mass is 409 g/mol. The van der Waals surface area contributed by atoms with E-state index in [4.69, 9.17) is 14.2 Å². The van der Waals surface area contributed by atoms with Crippen molar-refractivity contribution in [3.8, 4) is 11.5 Å². The first-order valence-electron chi connectivity index (χ1n) is 10.3. The molecule has 1 saturated heterocycles. The summed E-state index contributed by atoms with van der Waals surface area (Å²) >= 11 is 0. The lowest BCUT2D eigenvalue weighted by Crippen LogP contribution is -2.36. The Bertz CT molecular complexity index is 919. The second kappa shape index (κ2) is 9.17. The average Bonchev–Trinajstić information content (AvgIpc) is 3.43. The molecule has 2 aliphatic rings. The molecule has 2 N–H and O–H groups in total. The number of nitrogens with zero attached hydrogens (tertiary/aromatic N) is 1. The summed E-state index contributed by atoms with van der Waals surface area (Å²) in [6.07, 6.45) is 2.12. The third-order valence-electron chi connectivity index (χ3n) is 5.18. The van der Waals surface area contributed by atoms with Gasteiger partial charge in [-0.2, -0.15) is 0 Å². The molecule has 0 saturated carbocycles. The van der Waals surface area contributed by atoms with Crippen molar-refractivity contribution in [1.29, 1.82) is 0 Å². The van der Waals surface area contributed by atoms with E-state index in [1.165, 1.54) is 5.56 Å². The lowest BCUT2D eigenvalue weighted by molar-refractivity contribution is 0.0975. The van der Waals surface area contributed by atoms with E-state index in [-0.39, 0.29) is 18.8 Å². The van der Waals surface area contributed by atoms with E-state index in [1.807, 2.05) is 12.1 Å². The van der Waals surface area contributed by atoms with Crippen LogP contribution in [0.5, 0.6) is 11.5 Å². The molecule has 0 spiro atoms. The number of guanidine groups is 1. The van der Waals surface area contributed by atoms with Gasteiger partial charge in [0.05, 0.1) is 12.6 Å². The molecule has 7 heteroatoms. The first-order valence-corrected chi connectivity index (χ1v) is 10.3.